The first-order valence-electron chi connectivity index (χ1n) is 14.6. The van der Waals surface area contributed by atoms with Crippen LogP contribution in [0.3, 0.4) is 0 Å². The molecule has 3 nitrogen and oxygen atoms in total. The molecule has 0 unspecified atom stereocenters. The maximum Gasteiger partial charge on any atom is 0.135 e. The van der Waals surface area contributed by atoms with E-state index in [0.29, 0.717) is 0 Å². The van der Waals surface area contributed by atoms with E-state index in [1.807, 2.05) is 0 Å². The van der Waals surface area contributed by atoms with Crippen LogP contribution in [0.5, 0.6) is 0 Å². The summed E-state index contributed by atoms with van der Waals surface area (Å²) in [5.41, 5.74) is 11.0. The van der Waals surface area contributed by atoms with Gasteiger partial charge in [0.1, 0.15) is 11.2 Å². The molecule has 3 heterocycles. The van der Waals surface area contributed by atoms with Crippen LogP contribution in [-0.2, 0) is 0 Å². The number of anilines is 3. The average Bonchev–Trinajstić information content (AvgIpc) is 3.78. The first-order chi connectivity index (χ1) is 21.3. The number of aromatic nitrogens is 1. The molecule has 202 valence electrons. The molecule has 0 aliphatic heterocycles. The summed E-state index contributed by atoms with van der Waals surface area (Å²) in [6, 6.07) is 56.3. The van der Waals surface area contributed by atoms with E-state index in [9.17, 15) is 0 Å². The lowest BCUT2D eigenvalue weighted by atomic mass is 9.99. The number of fused-ring (bicyclic) bond motifs is 8. The highest BCUT2D eigenvalue weighted by Crippen LogP contribution is 2.41. The lowest BCUT2D eigenvalue weighted by Gasteiger charge is -2.27. The van der Waals surface area contributed by atoms with Crippen molar-refractivity contribution >= 4 is 60.8 Å². The highest BCUT2D eigenvalue weighted by Gasteiger charge is 2.19. The Morgan fingerprint density at radius 2 is 0.977 bits per heavy atom. The first kappa shape index (κ1) is 23.9. The SMILES string of the molecule is c1ccc(N(c2ccccc2)c2cc(-c3ccc4c5ccc(o5)c4c3)cc(-n3c4ccccc4c4ccccc43)c2)cc1. The Balaban J connectivity index is 1.35. The van der Waals surface area contributed by atoms with Crippen LogP contribution in [0, 0.1) is 0 Å². The minimum Gasteiger partial charge on any atom is -0.456 e. The zero-order valence-electron chi connectivity index (χ0n) is 23.3. The molecule has 2 bridgehead atoms. The third-order valence-electron chi connectivity index (χ3n) is 8.52. The summed E-state index contributed by atoms with van der Waals surface area (Å²) in [5, 5.41) is 4.81. The van der Waals surface area contributed by atoms with Crippen molar-refractivity contribution in [3.05, 3.63) is 158 Å². The Bertz CT molecular complexity index is 2310. The molecular weight excluding hydrogens is 524 g/mol. The van der Waals surface area contributed by atoms with Crippen LogP contribution in [-0.4, -0.2) is 4.57 Å². The molecule has 0 saturated heterocycles. The smallest absolute Gasteiger partial charge is 0.135 e. The highest BCUT2D eigenvalue weighted by molar-refractivity contribution is 6.10. The largest absolute Gasteiger partial charge is 0.456 e. The van der Waals surface area contributed by atoms with Gasteiger partial charge in [0.2, 0.25) is 0 Å². The van der Waals surface area contributed by atoms with Gasteiger partial charge in [-0.3, -0.25) is 0 Å². The molecule has 0 radical (unpaired) electrons. The summed E-state index contributed by atoms with van der Waals surface area (Å²) < 4.78 is 8.40. The van der Waals surface area contributed by atoms with Gasteiger partial charge in [0.15, 0.2) is 0 Å². The van der Waals surface area contributed by atoms with Crippen LogP contribution in [0.25, 0.3) is 60.6 Å². The topological polar surface area (TPSA) is 21.3 Å². The molecule has 0 spiro atoms. The van der Waals surface area contributed by atoms with Crippen molar-refractivity contribution in [2.75, 3.05) is 4.90 Å². The summed E-state index contributed by atoms with van der Waals surface area (Å²) in [4.78, 5) is 2.34. The van der Waals surface area contributed by atoms with Crippen LogP contribution in [0.1, 0.15) is 0 Å². The Labute approximate surface area is 248 Å². The fraction of sp³-hybridized carbons (Fsp3) is 0. The van der Waals surface area contributed by atoms with E-state index in [0.717, 1.165) is 55.8 Å². The first-order valence-corrected chi connectivity index (χ1v) is 14.6. The van der Waals surface area contributed by atoms with Gasteiger partial charge in [0, 0.05) is 44.3 Å². The molecule has 0 N–H and O–H groups in total. The van der Waals surface area contributed by atoms with Gasteiger partial charge in [-0.15, -0.1) is 0 Å². The Kier molecular flexibility index (Phi) is 5.20. The quantitative estimate of drug-likeness (QED) is 0.212. The van der Waals surface area contributed by atoms with Gasteiger partial charge in [-0.25, -0.2) is 0 Å². The van der Waals surface area contributed by atoms with Crippen LogP contribution in [0.15, 0.2) is 162 Å². The van der Waals surface area contributed by atoms with Crippen LogP contribution < -0.4 is 4.90 Å². The standard InChI is InChI=1S/C40H26N2O/c1-3-11-29(12-4-1)41(30-13-5-2-6-14-30)31-23-28(27-19-20-35-36(25-27)40-22-21-39(35)43-40)24-32(26-31)42-37-17-9-7-15-33(37)34-16-8-10-18-38(34)42/h1-26H. The van der Waals surface area contributed by atoms with Crippen molar-refractivity contribution < 1.29 is 4.42 Å². The van der Waals surface area contributed by atoms with Crippen LogP contribution in [0.4, 0.5) is 17.1 Å². The molecule has 3 heteroatoms. The number of hydrogen-bond acceptors (Lipinski definition) is 2. The molecule has 6 aromatic carbocycles. The van der Waals surface area contributed by atoms with Gasteiger partial charge < -0.3 is 13.9 Å². The van der Waals surface area contributed by atoms with E-state index in [2.05, 4.69) is 167 Å². The average molecular weight is 551 g/mol. The molecule has 9 rings (SSSR count). The number of furan rings is 2. The van der Waals surface area contributed by atoms with E-state index >= 15 is 0 Å². The van der Waals surface area contributed by atoms with Crippen LogP contribution >= 0.6 is 0 Å². The fourth-order valence-corrected chi connectivity index (χ4v) is 6.59. The second-order valence-electron chi connectivity index (χ2n) is 11.0. The summed E-state index contributed by atoms with van der Waals surface area (Å²) >= 11 is 0. The third kappa shape index (κ3) is 3.75. The summed E-state index contributed by atoms with van der Waals surface area (Å²) in [6.07, 6.45) is 0. The van der Waals surface area contributed by atoms with Gasteiger partial charge in [0.05, 0.1) is 11.0 Å². The molecule has 9 aromatic rings. The third-order valence-corrected chi connectivity index (χ3v) is 8.52. The molecule has 0 saturated carbocycles. The molecule has 0 aliphatic rings. The van der Waals surface area contributed by atoms with Gasteiger partial charge in [0.25, 0.3) is 0 Å². The van der Waals surface area contributed by atoms with E-state index in [4.69, 9.17) is 4.42 Å². The Morgan fingerprint density at radius 3 is 1.63 bits per heavy atom. The summed E-state index contributed by atoms with van der Waals surface area (Å²) in [7, 11) is 0. The number of hydrogen-bond donors (Lipinski definition) is 0. The number of rotatable bonds is 5. The van der Waals surface area contributed by atoms with Crippen molar-refractivity contribution in [2.45, 2.75) is 0 Å². The number of benzene rings is 7. The lowest BCUT2D eigenvalue weighted by Crippen LogP contribution is -2.10. The molecule has 0 fully saturated rings. The zero-order chi connectivity index (χ0) is 28.3. The van der Waals surface area contributed by atoms with Crippen molar-refractivity contribution in [3.8, 4) is 16.8 Å². The molecule has 0 atom stereocenters. The second kappa shape index (κ2) is 9.37. The zero-order valence-corrected chi connectivity index (χ0v) is 23.3. The highest BCUT2D eigenvalue weighted by atomic mass is 16.3. The predicted molar refractivity (Wildman–Crippen MR) is 179 cm³/mol. The Morgan fingerprint density at radius 1 is 0.395 bits per heavy atom. The minimum absolute atomic E-state index is 0.931. The maximum absolute atomic E-state index is 6.00. The van der Waals surface area contributed by atoms with E-state index in [1.165, 1.54) is 21.8 Å². The Hall–Kier alpha value is -5.80. The van der Waals surface area contributed by atoms with Crippen molar-refractivity contribution in [1.29, 1.82) is 0 Å². The summed E-state index contributed by atoms with van der Waals surface area (Å²) in [6.45, 7) is 0. The molecular formula is C40H26N2O. The fourth-order valence-electron chi connectivity index (χ4n) is 6.59. The maximum atomic E-state index is 6.00. The predicted octanol–water partition coefficient (Wildman–Crippen LogP) is 11.3. The minimum atomic E-state index is 0.931. The van der Waals surface area contributed by atoms with Crippen LogP contribution in [0.2, 0.25) is 0 Å². The second-order valence-corrected chi connectivity index (χ2v) is 11.0. The van der Waals surface area contributed by atoms with Crippen molar-refractivity contribution in [2.24, 2.45) is 0 Å². The van der Waals surface area contributed by atoms with Gasteiger partial charge in [-0.2, -0.15) is 0 Å². The normalized spacial score (nSPS) is 11.7. The van der Waals surface area contributed by atoms with Crippen molar-refractivity contribution in [3.63, 3.8) is 0 Å². The van der Waals surface area contributed by atoms with Gasteiger partial charge >= 0.3 is 0 Å². The molecule has 43 heavy (non-hydrogen) atoms. The molecule has 3 aromatic heterocycles. The van der Waals surface area contributed by atoms with Gasteiger partial charge in [-0.1, -0.05) is 78.9 Å². The summed E-state index contributed by atoms with van der Waals surface area (Å²) in [5.74, 6) is 0. The van der Waals surface area contributed by atoms with Gasteiger partial charge in [-0.05, 0) is 90.0 Å². The number of para-hydroxylation sites is 4. The van der Waals surface area contributed by atoms with E-state index < -0.39 is 0 Å². The lowest BCUT2D eigenvalue weighted by molar-refractivity contribution is 0.679. The molecule has 0 amide bonds. The van der Waals surface area contributed by atoms with E-state index in [1.54, 1.807) is 0 Å². The van der Waals surface area contributed by atoms with Crippen molar-refractivity contribution in [1.82, 2.24) is 4.57 Å². The molecule has 0 aliphatic carbocycles. The monoisotopic (exact) mass is 550 g/mol. The van der Waals surface area contributed by atoms with E-state index in [-0.39, 0.29) is 0 Å². The number of nitrogens with zero attached hydrogens (tertiary/aromatic N) is 2.